The molecule has 30 heavy (non-hydrogen) atoms. The number of nitrogens with one attached hydrogen (secondary N) is 1. The molecule has 2 amide bonds. The summed E-state index contributed by atoms with van der Waals surface area (Å²) >= 11 is 0. The summed E-state index contributed by atoms with van der Waals surface area (Å²) in [6.07, 6.45) is 7.17. The topological polar surface area (TPSA) is 73.5 Å². The van der Waals surface area contributed by atoms with Crippen LogP contribution in [0.4, 0.5) is 0 Å². The largest absolute Gasteiger partial charge is 0.338 e. The summed E-state index contributed by atoms with van der Waals surface area (Å²) in [5.74, 6) is 0.186. The number of carbonyl (C=O) groups is 2. The minimum Gasteiger partial charge on any atom is -0.338 e. The van der Waals surface area contributed by atoms with Gasteiger partial charge in [0.1, 0.15) is 5.56 Å². The highest BCUT2D eigenvalue weighted by atomic mass is 16.2. The van der Waals surface area contributed by atoms with E-state index >= 15 is 0 Å². The van der Waals surface area contributed by atoms with Gasteiger partial charge < -0.3 is 14.8 Å². The molecule has 0 saturated heterocycles. The smallest absolute Gasteiger partial charge is 0.261 e. The van der Waals surface area contributed by atoms with Crippen LogP contribution in [0.15, 0.2) is 35.3 Å². The fourth-order valence-electron chi connectivity index (χ4n) is 4.93. The Morgan fingerprint density at radius 1 is 0.900 bits per heavy atom. The molecule has 0 bridgehead atoms. The number of fused-ring (bicyclic) bond motifs is 2. The number of hydrogen-bond acceptors (Lipinski definition) is 3. The molecule has 3 aliphatic rings. The average Bonchev–Trinajstić information content (AvgIpc) is 2.94. The first-order valence-corrected chi connectivity index (χ1v) is 11.0. The molecular weight excluding hydrogens is 378 g/mol. The lowest BCUT2D eigenvalue weighted by atomic mass is 9.83. The zero-order valence-electron chi connectivity index (χ0n) is 17.2. The van der Waals surface area contributed by atoms with Crippen LogP contribution in [0.3, 0.4) is 0 Å². The molecule has 0 spiro atoms. The van der Waals surface area contributed by atoms with Crippen molar-refractivity contribution in [2.75, 3.05) is 13.1 Å². The number of benzene rings is 1. The Morgan fingerprint density at radius 3 is 2.43 bits per heavy atom. The summed E-state index contributed by atoms with van der Waals surface area (Å²) in [6.45, 7) is 2.23. The Morgan fingerprint density at radius 2 is 1.67 bits per heavy atom. The van der Waals surface area contributed by atoms with Crippen molar-refractivity contribution in [2.45, 2.75) is 51.6 Å². The maximum absolute atomic E-state index is 13.5. The summed E-state index contributed by atoms with van der Waals surface area (Å²) in [7, 11) is 0. The van der Waals surface area contributed by atoms with Gasteiger partial charge in [0, 0.05) is 38.3 Å². The van der Waals surface area contributed by atoms with Crippen molar-refractivity contribution >= 4 is 11.8 Å². The fraction of sp³-hybridized carbons (Fsp3) is 0.458. The molecule has 2 aromatic rings. The van der Waals surface area contributed by atoms with Gasteiger partial charge in [-0.15, -0.1) is 0 Å². The molecular formula is C24H27N3O3. The predicted molar refractivity (Wildman–Crippen MR) is 113 cm³/mol. The first kappa shape index (κ1) is 19.1. The minimum absolute atomic E-state index is 0.160. The Hall–Kier alpha value is -2.89. The molecule has 1 N–H and O–H groups in total. The number of rotatable bonds is 2. The van der Waals surface area contributed by atoms with E-state index in [0.717, 1.165) is 48.8 Å². The van der Waals surface area contributed by atoms with E-state index in [-0.39, 0.29) is 28.9 Å². The molecule has 0 atom stereocenters. The van der Waals surface area contributed by atoms with Gasteiger partial charge in [0.25, 0.3) is 11.5 Å². The highest BCUT2D eigenvalue weighted by molar-refractivity contribution is 5.96. The van der Waals surface area contributed by atoms with Crippen molar-refractivity contribution < 1.29 is 9.59 Å². The Kier molecular flexibility index (Phi) is 4.93. The van der Waals surface area contributed by atoms with Crippen molar-refractivity contribution in [1.82, 2.24) is 14.8 Å². The van der Waals surface area contributed by atoms with E-state index in [1.165, 1.54) is 5.56 Å². The second-order valence-corrected chi connectivity index (χ2v) is 8.73. The van der Waals surface area contributed by atoms with Crippen LogP contribution < -0.4 is 5.56 Å². The molecule has 0 radical (unpaired) electrons. The van der Waals surface area contributed by atoms with Gasteiger partial charge in [-0.2, -0.15) is 0 Å². The molecule has 156 valence electrons. The van der Waals surface area contributed by atoms with Crippen molar-refractivity contribution in [2.24, 2.45) is 5.92 Å². The molecule has 0 unspecified atom stereocenters. The number of hydrogen-bond donors (Lipinski definition) is 1. The van der Waals surface area contributed by atoms with Crippen LogP contribution in [0.1, 0.15) is 58.3 Å². The average molecular weight is 405 g/mol. The van der Waals surface area contributed by atoms with E-state index in [2.05, 4.69) is 17.1 Å². The molecule has 3 heterocycles. The van der Waals surface area contributed by atoms with Crippen LogP contribution in [-0.2, 0) is 30.7 Å². The van der Waals surface area contributed by atoms with Crippen LogP contribution in [0, 0.1) is 5.92 Å². The van der Waals surface area contributed by atoms with E-state index in [9.17, 15) is 14.4 Å². The summed E-state index contributed by atoms with van der Waals surface area (Å²) < 4.78 is 0. The van der Waals surface area contributed by atoms with Gasteiger partial charge >= 0.3 is 0 Å². The third-order valence-corrected chi connectivity index (χ3v) is 6.91. The number of amides is 2. The Balaban J connectivity index is 1.42. The molecule has 1 saturated carbocycles. The van der Waals surface area contributed by atoms with Crippen LogP contribution in [-0.4, -0.2) is 39.7 Å². The van der Waals surface area contributed by atoms with E-state index in [4.69, 9.17) is 0 Å². The van der Waals surface area contributed by atoms with E-state index < -0.39 is 0 Å². The maximum Gasteiger partial charge on any atom is 0.261 e. The second-order valence-electron chi connectivity index (χ2n) is 8.73. The highest BCUT2D eigenvalue weighted by Gasteiger charge is 2.33. The number of H-pyrrole nitrogens is 1. The predicted octanol–water partition coefficient (Wildman–Crippen LogP) is 2.65. The molecule has 2 aliphatic heterocycles. The van der Waals surface area contributed by atoms with Crippen LogP contribution in [0.2, 0.25) is 0 Å². The van der Waals surface area contributed by atoms with E-state index in [1.807, 2.05) is 21.9 Å². The molecule has 5 rings (SSSR count). The number of carbonyl (C=O) groups excluding carboxylic acids is 2. The molecule has 1 aromatic carbocycles. The SMILES string of the molecule is O=C(c1c2c(c[nH]c1=O)CN(C(=O)C1CCC1)CC2)N1CCCc2ccccc2C1. The number of aromatic amines is 1. The van der Waals surface area contributed by atoms with E-state index in [1.54, 1.807) is 6.20 Å². The lowest BCUT2D eigenvalue weighted by molar-refractivity contribution is -0.139. The van der Waals surface area contributed by atoms with Crippen molar-refractivity contribution in [1.29, 1.82) is 0 Å². The number of aromatic nitrogens is 1. The second kappa shape index (κ2) is 7.74. The summed E-state index contributed by atoms with van der Waals surface area (Å²) in [4.78, 5) is 45.3. The van der Waals surface area contributed by atoms with Crippen molar-refractivity contribution in [3.63, 3.8) is 0 Å². The Labute approximate surface area is 175 Å². The quantitative estimate of drug-likeness (QED) is 0.835. The fourth-order valence-corrected chi connectivity index (χ4v) is 4.93. The summed E-state index contributed by atoms with van der Waals surface area (Å²) in [5.41, 5.74) is 4.09. The first-order valence-electron chi connectivity index (χ1n) is 11.0. The van der Waals surface area contributed by atoms with Crippen LogP contribution >= 0.6 is 0 Å². The molecule has 6 heteroatoms. The van der Waals surface area contributed by atoms with Crippen molar-refractivity contribution in [3.05, 3.63) is 68.6 Å². The number of nitrogens with zero attached hydrogens (tertiary/aromatic N) is 2. The maximum atomic E-state index is 13.5. The lowest BCUT2D eigenvalue weighted by Gasteiger charge is -2.35. The molecule has 1 aliphatic carbocycles. The van der Waals surface area contributed by atoms with Gasteiger partial charge in [-0.3, -0.25) is 14.4 Å². The van der Waals surface area contributed by atoms with Gasteiger partial charge in [-0.05, 0) is 54.4 Å². The van der Waals surface area contributed by atoms with Crippen LogP contribution in [0.25, 0.3) is 0 Å². The molecule has 1 aromatic heterocycles. The lowest BCUT2D eigenvalue weighted by Crippen LogP contribution is -2.43. The number of aryl methyl sites for hydroxylation is 1. The highest BCUT2D eigenvalue weighted by Crippen LogP contribution is 2.31. The monoisotopic (exact) mass is 405 g/mol. The molecule has 1 fully saturated rings. The Bertz CT molecular complexity index is 1050. The number of pyridine rings is 1. The van der Waals surface area contributed by atoms with Gasteiger partial charge in [0.2, 0.25) is 5.91 Å². The van der Waals surface area contributed by atoms with Crippen molar-refractivity contribution in [3.8, 4) is 0 Å². The van der Waals surface area contributed by atoms with Gasteiger partial charge in [0.15, 0.2) is 0 Å². The standard InChI is InChI=1S/C24H27N3O3/c28-22-21(24(30)26-11-4-9-16-5-1-2-6-18(16)14-26)20-10-12-27(15-19(20)13-25-22)23(29)17-7-3-8-17/h1-2,5-6,13,17H,3-4,7-12,14-15H2,(H,25,28). The first-order chi connectivity index (χ1) is 14.6. The third kappa shape index (κ3) is 3.34. The summed E-state index contributed by atoms with van der Waals surface area (Å²) in [5, 5.41) is 0. The van der Waals surface area contributed by atoms with E-state index in [0.29, 0.717) is 32.6 Å². The van der Waals surface area contributed by atoms with Crippen LogP contribution in [0.5, 0.6) is 0 Å². The van der Waals surface area contributed by atoms with Gasteiger partial charge in [-0.1, -0.05) is 30.7 Å². The molecule has 6 nitrogen and oxygen atoms in total. The van der Waals surface area contributed by atoms with Gasteiger partial charge in [0.05, 0.1) is 0 Å². The minimum atomic E-state index is -0.324. The van der Waals surface area contributed by atoms with Gasteiger partial charge in [-0.25, -0.2) is 0 Å². The zero-order chi connectivity index (χ0) is 20.7. The third-order valence-electron chi connectivity index (χ3n) is 6.91. The zero-order valence-corrected chi connectivity index (χ0v) is 17.2. The normalized spacial score (nSPS) is 18.8. The summed E-state index contributed by atoms with van der Waals surface area (Å²) in [6, 6.07) is 8.21.